The third kappa shape index (κ3) is 4.10. The highest BCUT2D eigenvalue weighted by Gasteiger charge is 2.06. The molecule has 3 N–H and O–H groups in total. The van der Waals surface area contributed by atoms with Gasteiger partial charge in [0.25, 0.3) is 0 Å². The minimum absolute atomic E-state index is 1.03. The van der Waals surface area contributed by atoms with Gasteiger partial charge in [0.05, 0.1) is 0 Å². The van der Waals surface area contributed by atoms with Gasteiger partial charge < -0.3 is 11.1 Å². The minimum atomic E-state index is 1.03. The second kappa shape index (κ2) is 5.78. The van der Waals surface area contributed by atoms with Crippen LogP contribution in [0.5, 0.6) is 0 Å². The fourth-order valence-electron chi connectivity index (χ4n) is 1.34. The lowest BCUT2D eigenvalue weighted by Gasteiger charge is -2.25. The van der Waals surface area contributed by atoms with Crippen LogP contribution in [0.1, 0.15) is 6.92 Å². The van der Waals surface area contributed by atoms with E-state index in [2.05, 4.69) is 22.4 Å². The van der Waals surface area contributed by atoms with Gasteiger partial charge in [-0.15, -0.1) is 0 Å². The Hall–Kier alpha value is -0.800. The Morgan fingerprint density at radius 3 is 2.77 bits per heavy atom. The smallest absolute Gasteiger partial charge is 0.0167 e. The maximum atomic E-state index is 5.35. The SMILES string of the molecule is CC(/C=C\CN1CCNCC1)=C/N. The van der Waals surface area contributed by atoms with Crippen molar-refractivity contribution in [1.29, 1.82) is 0 Å². The lowest BCUT2D eigenvalue weighted by molar-refractivity contribution is 0.265. The second-order valence-corrected chi connectivity index (χ2v) is 3.36. The van der Waals surface area contributed by atoms with Crippen LogP contribution in [0.2, 0.25) is 0 Å². The highest BCUT2D eigenvalue weighted by Crippen LogP contribution is 1.95. The van der Waals surface area contributed by atoms with E-state index in [1.807, 2.05) is 6.92 Å². The summed E-state index contributed by atoms with van der Waals surface area (Å²) in [5.74, 6) is 0. The first-order valence-electron chi connectivity index (χ1n) is 4.81. The zero-order chi connectivity index (χ0) is 9.52. The van der Waals surface area contributed by atoms with Crippen molar-refractivity contribution in [3.8, 4) is 0 Å². The quantitative estimate of drug-likeness (QED) is 0.616. The van der Waals surface area contributed by atoms with E-state index in [4.69, 9.17) is 5.73 Å². The minimum Gasteiger partial charge on any atom is -0.404 e. The van der Waals surface area contributed by atoms with Crippen LogP contribution in [-0.2, 0) is 0 Å². The molecule has 13 heavy (non-hydrogen) atoms. The molecule has 0 atom stereocenters. The lowest BCUT2D eigenvalue weighted by atomic mass is 10.3. The van der Waals surface area contributed by atoms with Crippen LogP contribution in [0.25, 0.3) is 0 Å². The van der Waals surface area contributed by atoms with Gasteiger partial charge >= 0.3 is 0 Å². The summed E-state index contributed by atoms with van der Waals surface area (Å²) in [6, 6.07) is 0. The van der Waals surface area contributed by atoms with Crippen molar-refractivity contribution in [2.24, 2.45) is 5.73 Å². The first kappa shape index (κ1) is 10.3. The molecule has 1 fully saturated rings. The van der Waals surface area contributed by atoms with Crippen LogP contribution in [0.15, 0.2) is 23.9 Å². The fraction of sp³-hybridized carbons (Fsp3) is 0.600. The van der Waals surface area contributed by atoms with Crippen molar-refractivity contribution in [3.05, 3.63) is 23.9 Å². The molecule has 74 valence electrons. The van der Waals surface area contributed by atoms with E-state index >= 15 is 0 Å². The average molecular weight is 181 g/mol. The van der Waals surface area contributed by atoms with E-state index in [1.54, 1.807) is 6.20 Å². The van der Waals surface area contributed by atoms with Crippen molar-refractivity contribution in [2.75, 3.05) is 32.7 Å². The summed E-state index contributed by atoms with van der Waals surface area (Å²) in [5.41, 5.74) is 6.47. The number of hydrogen-bond acceptors (Lipinski definition) is 3. The van der Waals surface area contributed by atoms with E-state index < -0.39 is 0 Å². The largest absolute Gasteiger partial charge is 0.404 e. The number of nitrogens with zero attached hydrogens (tertiary/aromatic N) is 1. The Bertz CT molecular complexity index is 190. The molecule has 1 heterocycles. The molecule has 0 aliphatic carbocycles. The van der Waals surface area contributed by atoms with Crippen molar-refractivity contribution in [2.45, 2.75) is 6.92 Å². The van der Waals surface area contributed by atoms with Crippen LogP contribution in [0.3, 0.4) is 0 Å². The molecular formula is C10H19N3. The third-order valence-corrected chi connectivity index (χ3v) is 2.22. The Labute approximate surface area is 80.3 Å². The molecule has 3 heteroatoms. The average Bonchev–Trinajstić information content (AvgIpc) is 2.19. The summed E-state index contributed by atoms with van der Waals surface area (Å²) >= 11 is 0. The van der Waals surface area contributed by atoms with E-state index in [0.717, 1.165) is 38.3 Å². The number of piperazine rings is 1. The zero-order valence-corrected chi connectivity index (χ0v) is 8.29. The molecule has 0 spiro atoms. The number of nitrogens with two attached hydrogens (primary N) is 1. The molecule has 0 aromatic carbocycles. The van der Waals surface area contributed by atoms with Gasteiger partial charge in [-0.2, -0.15) is 0 Å². The number of rotatable bonds is 3. The summed E-state index contributed by atoms with van der Waals surface area (Å²) in [6.45, 7) is 7.56. The second-order valence-electron chi connectivity index (χ2n) is 3.36. The third-order valence-electron chi connectivity index (χ3n) is 2.22. The maximum absolute atomic E-state index is 5.35. The summed E-state index contributed by atoms with van der Waals surface area (Å²) < 4.78 is 0. The van der Waals surface area contributed by atoms with Crippen molar-refractivity contribution < 1.29 is 0 Å². The highest BCUT2D eigenvalue weighted by molar-refractivity contribution is 5.14. The predicted octanol–water partition coefficient (Wildman–Crippen LogP) is 0.310. The lowest BCUT2D eigenvalue weighted by Crippen LogP contribution is -2.43. The van der Waals surface area contributed by atoms with Gasteiger partial charge in [-0.05, 0) is 18.7 Å². The standard InChI is InChI=1S/C10H19N3/c1-10(9-11)3-2-6-13-7-4-12-5-8-13/h2-3,9,12H,4-8,11H2,1H3/b3-2-,10-9-. The van der Waals surface area contributed by atoms with Crippen molar-refractivity contribution in [3.63, 3.8) is 0 Å². The first-order chi connectivity index (χ1) is 6.33. The molecule has 3 nitrogen and oxygen atoms in total. The summed E-state index contributed by atoms with van der Waals surface area (Å²) in [5, 5.41) is 3.33. The van der Waals surface area contributed by atoms with Gasteiger partial charge in [-0.3, -0.25) is 4.90 Å². The fourth-order valence-corrected chi connectivity index (χ4v) is 1.34. The summed E-state index contributed by atoms with van der Waals surface area (Å²) in [7, 11) is 0. The van der Waals surface area contributed by atoms with Gasteiger partial charge in [-0.25, -0.2) is 0 Å². The van der Waals surface area contributed by atoms with Crippen LogP contribution in [0, 0.1) is 0 Å². The Morgan fingerprint density at radius 2 is 2.15 bits per heavy atom. The van der Waals surface area contributed by atoms with E-state index in [9.17, 15) is 0 Å². The van der Waals surface area contributed by atoms with E-state index in [-0.39, 0.29) is 0 Å². The van der Waals surface area contributed by atoms with Crippen molar-refractivity contribution >= 4 is 0 Å². The number of hydrogen-bond donors (Lipinski definition) is 2. The molecule has 0 unspecified atom stereocenters. The van der Waals surface area contributed by atoms with Crippen LogP contribution < -0.4 is 11.1 Å². The molecule has 1 aliphatic rings. The highest BCUT2D eigenvalue weighted by atomic mass is 15.2. The van der Waals surface area contributed by atoms with Gasteiger partial charge in [0.2, 0.25) is 0 Å². The Morgan fingerprint density at radius 1 is 1.46 bits per heavy atom. The maximum Gasteiger partial charge on any atom is 0.0167 e. The van der Waals surface area contributed by atoms with E-state index in [0.29, 0.717) is 0 Å². The Kier molecular flexibility index (Phi) is 4.57. The Balaban J connectivity index is 2.20. The van der Waals surface area contributed by atoms with Gasteiger partial charge in [0.15, 0.2) is 0 Å². The summed E-state index contributed by atoms with van der Waals surface area (Å²) in [4.78, 5) is 2.43. The van der Waals surface area contributed by atoms with Gasteiger partial charge in [0, 0.05) is 32.7 Å². The molecule has 1 rings (SSSR count). The number of allylic oxidation sites excluding steroid dienone is 2. The molecule has 0 radical (unpaired) electrons. The monoisotopic (exact) mass is 181 g/mol. The predicted molar refractivity (Wildman–Crippen MR) is 56.4 cm³/mol. The van der Waals surface area contributed by atoms with E-state index in [1.165, 1.54) is 0 Å². The number of nitrogens with one attached hydrogen (secondary N) is 1. The summed E-state index contributed by atoms with van der Waals surface area (Å²) in [6.07, 6.45) is 5.88. The molecule has 0 saturated carbocycles. The zero-order valence-electron chi connectivity index (χ0n) is 8.29. The molecule has 1 saturated heterocycles. The van der Waals surface area contributed by atoms with Crippen LogP contribution in [0.4, 0.5) is 0 Å². The van der Waals surface area contributed by atoms with Crippen molar-refractivity contribution in [1.82, 2.24) is 10.2 Å². The molecule has 0 bridgehead atoms. The molecular weight excluding hydrogens is 162 g/mol. The van der Waals surface area contributed by atoms with Gasteiger partial charge in [-0.1, -0.05) is 12.2 Å². The normalized spacial score (nSPS) is 21.2. The molecule has 1 aliphatic heterocycles. The van der Waals surface area contributed by atoms with Crippen LogP contribution in [-0.4, -0.2) is 37.6 Å². The molecule has 0 amide bonds. The molecule has 0 aromatic heterocycles. The topological polar surface area (TPSA) is 41.3 Å². The van der Waals surface area contributed by atoms with Crippen LogP contribution >= 0.6 is 0 Å². The molecule has 0 aromatic rings. The first-order valence-corrected chi connectivity index (χ1v) is 4.81. The van der Waals surface area contributed by atoms with Gasteiger partial charge in [0.1, 0.15) is 0 Å².